The number of hydrogen-bond acceptors (Lipinski definition) is 2. The fourth-order valence-corrected chi connectivity index (χ4v) is 2.42. The highest BCUT2D eigenvalue weighted by atomic mass is 79.9. The maximum absolute atomic E-state index is 8.43. The van der Waals surface area contributed by atoms with Gasteiger partial charge < -0.3 is 5.32 Å². The monoisotopic (exact) mass is 280 g/mol. The number of unbranched alkanes of at least 4 members (excludes halogenated alkanes) is 2. The largest absolute Gasteiger partial charge is 0.385 e. The molecule has 0 radical (unpaired) electrons. The molecule has 1 rings (SSSR count). The van der Waals surface area contributed by atoms with Gasteiger partial charge in [0, 0.05) is 23.1 Å². The summed E-state index contributed by atoms with van der Waals surface area (Å²) in [4.78, 5) is 0. The third kappa shape index (κ3) is 3.86. The molecule has 16 heavy (non-hydrogen) atoms. The Labute approximate surface area is 106 Å². The second-order valence-corrected chi connectivity index (χ2v) is 4.87. The van der Waals surface area contributed by atoms with E-state index in [1.54, 1.807) is 0 Å². The minimum Gasteiger partial charge on any atom is -0.385 e. The van der Waals surface area contributed by atoms with E-state index in [0.717, 1.165) is 23.9 Å². The van der Waals surface area contributed by atoms with E-state index in [0.29, 0.717) is 6.42 Å². The number of hydrogen-bond donors (Lipinski definition) is 1. The van der Waals surface area contributed by atoms with E-state index in [-0.39, 0.29) is 0 Å². The number of nitriles is 1. The maximum atomic E-state index is 8.43. The highest BCUT2D eigenvalue weighted by molar-refractivity contribution is 9.10. The van der Waals surface area contributed by atoms with Gasteiger partial charge in [-0.05, 0) is 49.9 Å². The van der Waals surface area contributed by atoms with Gasteiger partial charge in [0.2, 0.25) is 0 Å². The van der Waals surface area contributed by atoms with Crippen LogP contribution in [-0.4, -0.2) is 6.54 Å². The first-order valence-corrected chi connectivity index (χ1v) is 6.32. The summed E-state index contributed by atoms with van der Waals surface area (Å²) in [6, 6.07) is 6.39. The maximum Gasteiger partial charge on any atom is 0.0621 e. The van der Waals surface area contributed by atoms with Crippen LogP contribution in [0.2, 0.25) is 0 Å². The summed E-state index contributed by atoms with van der Waals surface area (Å²) < 4.78 is 1.12. The molecular formula is C13H17BrN2. The van der Waals surface area contributed by atoms with Crippen molar-refractivity contribution in [3.05, 3.63) is 27.7 Å². The second kappa shape index (κ2) is 6.55. The number of halogens is 1. The van der Waals surface area contributed by atoms with Crippen LogP contribution in [0.15, 0.2) is 16.6 Å². The van der Waals surface area contributed by atoms with Gasteiger partial charge in [0.25, 0.3) is 0 Å². The molecule has 0 aliphatic carbocycles. The van der Waals surface area contributed by atoms with Gasteiger partial charge in [0.1, 0.15) is 0 Å². The first-order chi connectivity index (χ1) is 7.65. The van der Waals surface area contributed by atoms with Crippen molar-refractivity contribution < 1.29 is 0 Å². The summed E-state index contributed by atoms with van der Waals surface area (Å²) in [7, 11) is 0. The summed E-state index contributed by atoms with van der Waals surface area (Å²) in [6.07, 6.45) is 2.67. The van der Waals surface area contributed by atoms with Gasteiger partial charge in [-0.1, -0.05) is 15.9 Å². The molecule has 1 N–H and O–H groups in total. The van der Waals surface area contributed by atoms with Crippen molar-refractivity contribution in [2.45, 2.75) is 33.1 Å². The van der Waals surface area contributed by atoms with Crippen molar-refractivity contribution in [3.8, 4) is 6.07 Å². The lowest BCUT2D eigenvalue weighted by atomic mass is 10.1. The van der Waals surface area contributed by atoms with Crippen LogP contribution in [0.25, 0.3) is 0 Å². The normalized spacial score (nSPS) is 9.88. The molecule has 0 bridgehead atoms. The Morgan fingerprint density at radius 2 is 1.88 bits per heavy atom. The Morgan fingerprint density at radius 3 is 2.44 bits per heavy atom. The molecule has 2 nitrogen and oxygen atoms in total. The molecule has 0 saturated carbocycles. The van der Waals surface area contributed by atoms with Crippen LogP contribution in [-0.2, 0) is 0 Å². The first-order valence-electron chi connectivity index (χ1n) is 5.52. The summed E-state index contributed by atoms with van der Waals surface area (Å²) in [6.45, 7) is 5.15. The molecule has 0 aliphatic heterocycles. The lowest BCUT2D eigenvalue weighted by Gasteiger charge is -2.13. The Balaban J connectivity index is 2.51. The van der Waals surface area contributed by atoms with Crippen LogP contribution in [0, 0.1) is 25.2 Å². The number of benzene rings is 1. The summed E-state index contributed by atoms with van der Waals surface area (Å²) >= 11 is 3.49. The number of aryl methyl sites for hydroxylation is 2. The van der Waals surface area contributed by atoms with Crippen molar-refractivity contribution in [2.75, 3.05) is 11.9 Å². The third-order valence-corrected chi connectivity index (χ3v) is 2.97. The fraction of sp³-hybridized carbons (Fsp3) is 0.462. The molecule has 0 aromatic heterocycles. The number of rotatable bonds is 5. The second-order valence-electron chi connectivity index (χ2n) is 3.96. The zero-order valence-electron chi connectivity index (χ0n) is 9.81. The van der Waals surface area contributed by atoms with E-state index >= 15 is 0 Å². The molecule has 0 atom stereocenters. The van der Waals surface area contributed by atoms with Crippen LogP contribution < -0.4 is 5.32 Å². The van der Waals surface area contributed by atoms with Crippen molar-refractivity contribution >= 4 is 21.6 Å². The van der Waals surface area contributed by atoms with E-state index in [2.05, 4.69) is 53.3 Å². The average molecular weight is 281 g/mol. The van der Waals surface area contributed by atoms with E-state index in [9.17, 15) is 0 Å². The highest BCUT2D eigenvalue weighted by Crippen LogP contribution is 2.24. The molecule has 0 aliphatic rings. The lowest BCUT2D eigenvalue weighted by Crippen LogP contribution is -2.04. The molecular weight excluding hydrogens is 264 g/mol. The van der Waals surface area contributed by atoms with Crippen LogP contribution in [0.1, 0.15) is 30.4 Å². The van der Waals surface area contributed by atoms with Gasteiger partial charge in [-0.3, -0.25) is 0 Å². The third-order valence-electron chi connectivity index (χ3n) is 2.51. The molecule has 0 heterocycles. The average Bonchev–Trinajstić information content (AvgIpc) is 2.20. The van der Waals surface area contributed by atoms with Gasteiger partial charge >= 0.3 is 0 Å². The molecule has 0 saturated heterocycles. The highest BCUT2D eigenvalue weighted by Gasteiger charge is 2.02. The molecule has 86 valence electrons. The Kier molecular flexibility index (Phi) is 5.34. The molecule has 0 fully saturated rings. The quantitative estimate of drug-likeness (QED) is 0.822. The molecule has 1 aromatic carbocycles. The van der Waals surface area contributed by atoms with E-state index in [1.165, 1.54) is 16.8 Å². The molecule has 3 heteroatoms. The van der Waals surface area contributed by atoms with Gasteiger partial charge in [0.15, 0.2) is 0 Å². The van der Waals surface area contributed by atoms with Crippen molar-refractivity contribution in [1.29, 1.82) is 5.26 Å². The van der Waals surface area contributed by atoms with Crippen LogP contribution in [0.4, 0.5) is 5.69 Å². The predicted molar refractivity (Wildman–Crippen MR) is 71.6 cm³/mol. The lowest BCUT2D eigenvalue weighted by molar-refractivity contribution is 0.784. The minimum atomic E-state index is 0.653. The molecule has 1 aromatic rings. The van der Waals surface area contributed by atoms with Gasteiger partial charge in [-0.25, -0.2) is 0 Å². The van der Waals surface area contributed by atoms with Gasteiger partial charge in [0.05, 0.1) is 6.07 Å². The predicted octanol–water partition coefficient (Wildman–Crippen LogP) is 4.17. The van der Waals surface area contributed by atoms with Crippen LogP contribution in [0.5, 0.6) is 0 Å². The summed E-state index contributed by atoms with van der Waals surface area (Å²) in [5.41, 5.74) is 3.74. The summed E-state index contributed by atoms with van der Waals surface area (Å²) in [5, 5.41) is 11.9. The van der Waals surface area contributed by atoms with Crippen molar-refractivity contribution in [3.63, 3.8) is 0 Å². The standard InChI is InChI=1S/C13H17BrN2/c1-10-8-12(14)9-11(2)13(10)16-7-5-3-4-6-15/h8-9,16H,3-5,7H2,1-2H3. The number of nitrogens with one attached hydrogen (secondary N) is 1. The van der Waals surface area contributed by atoms with Gasteiger partial charge in [-0.2, -0.15) is 5.26 Å². The number of anilines is 1. The fourth-order valence-electron chi connectivity index (χ4n) is 1.73. The van der Waals surface area contributed by atoms with Gasteiger partial charge in [-0.15, -0.1) is 0 Å². The smallest absolute Gasteiger partial charge is 0.0621 e. The zero-order chi connectivity index (χ0) is 12.0. The Hall–Kier alpha value is -1.01. The van der Waals surface area contributed by atoms with E-state index in [1.807, 2.05) is 0 Å². The zero-order valence-corrected chi connectivity index (χ0v) is 11.4. The first kappa shape index (κ1) is 13.1. The molecule has 0 spiro atoms. The van der Waals surface area contributed by atoms with E-state index in [4.69, 9.17) is 5.26 Å². The number of nitrogens with zero attached hydrogens (tertiary/aromatic N) is 1. The van der Waals surface area contributed by atoms with Crippen LogP contribution in [0.3, 0.4) is 0 Å². The molecule has 0 amide bonds. The Bertz CT molecular complexity index is 370. The minimum absolute atomic E-state index is 0.653. The SMILES string of the molecule is Cc1cc(Br)cc(C)c1NCCCCC#N. The molecule has 0 unspecified atom stereocenters. The van der Waals surface area contributed by atoms with Crippen LogP contribution >= 0.6 is 15.9 Å². The Morgan fingerprint density at radius 1 is 1.25 bits per heavy atom. The van der Waals surface area contributed by atoms with Crippen molar-refractivity contribution in [1.82, 2.24) is 0 Å². The van der Waals surface area contributed by atoms with E-state index < -0.39 is 0 Å². The van der Waals surface area contributed by atoms with Crippen molar-refractivity contribution in [2.24, 2.45) is 0 Å². The topological polar surface area (TPSA) is 35.8 Å². The summed E-state index contributed by atoms with van der Waals surface area (Å²) in [5.74, 6) is 0.